The van der Waals surface area contributed by atoms with Crippen molar-refractivity contribution in [3.63, 3.8) is 0 Å². The van der Waals surface area contributed by atoms with Crippen LogP contribution in [-0.2, 0) is 17.8 Å². The Morgan fingerprint density at radius 1 is 1.10 bits per heavy atom. The van der Waals surface area contributed by atoms with E-state index in [1.165, 1.54) is 17.7 Å². The van der Waals surface area contributed by atoms with Crippen LogP contribution in [0.1, 0.15) is 29.7 Å². The first-order valence-electron chi connectivity index (χ1n) is 10.0. The van der Waals surface area contributed by atoms with Gasteiger partial charge in [-0.25, -0.2) is 9.38 Å². The Bertz CT molecular complexity index is 931. The molecule has 0 fully saturated rings. The lowest BCUT2D eigenvalue weighted by atomic mass is 10.1. The van der Waals surface area contributed by atoms with E-state index >= 15 is 0 Å². The Morgan fingerprint density at radius 3 is 2.48 bits per heavy atom. The average molecular weight is 537 g/mol. The van der Waals surface area contributed by atoms with Crippen LogP contribution in [0.4, 0.5) is 4.39 Å². The molecule has 2 aromatic carbocycles. The van der Waals surface area contributed by atoms with Crippen LogP contribution < -0.4 is 10.6 Å². The van der Waals surface area contributed by atoms with Crippen LogP contribution in [0.3, 0.4) is 0 Å². The van der Waals surface area contributed by atoms with Crippen LogP contribution in [0.25, 0.3) is 0 Å². The topological polar surface area (TPSA) is 63.5 Å². The van der Waals surface area contributed by atoms with Gasteiger partial charge in [-0.05, 0) is 41.8 Å². The zero-order valence-electron chi connectivity index (χ0n) is 17.8. The van der Waals surface area contributed by atoms with Crippen molar-refractivity contribution < 1.29 is 9.13 Å². The summed E-state index contributed by atoms with van der Waals surface area (Å²) in [6.07, 6.45) is 3.52. The maximum atomic E-state index is 13.2. The highest BCUT2D eigenvalue weighted by Gasteiger charge is 2.12. The molecule has 0 radical (unpaired) electrons. The van der Waals surface area contributed by atoms with Gasteiger partial charge in [0, 0.05) is 32.6 Å². The number of aromatic nitrogens is 2. The van der Waals surface area contributed by atoms with Crippen molar-refractivity contribution in [1.29, 1.82) is 0 Å². The van der Waals surface area contributed by atoms with Gasteiger partial charge in [-0.3, -0.25) is 4.68 Å². The maximum Gasteiger partial charge on any atom is 0.191 e. The first-order chi connectivity index (χ1) is 14.7. The zero-order chi connectivity index (χ0) is 21.2. The fourth-order valence-electron chi connectivity index (χ4n) is 3.14. The van der Waals surface area contributed by atoms with E-state index < -0.39 is 0 Å². The maximum absolute atomic E-state index is 13.2. The smallest absolute Gasteiger partial charge is 0.191 e. The normalized spacial score (nSPS) is 12.2. The van der Waals surface area contributed by atoms with Gasteiger partial charge in [0.1, 0.15) is 5.82 Å². The molecule has 3 aromatic rings. The Kier molecular flexibility index (Phi) is 10.5. The van der Waals surface area contributed by atoms with E-state index in [0.717, 1.165) is 17.7 Å². The predicted octanol–water partition coefficient (Wildman–Crippen LogP) is 4.13. The third-order valence-corrected chi connectivity index (χ3v) is 4.74. The minimum Gasteiger partial charge on any atom is -0.375 e. The number of halogens is 2. The van der Waals surface area contributed by atoms with Crippen LogP contribution >= 0.6 is 24.0 Å². The first-order valence-corrected chi connectivity index (χ1v) is 10.0. The molecule has 31 heavy (non-hydrogen) atoms. The second-order valence-corrected chi connectivity index (χ2v) is 6.82. The summed E-state index contributed by atoms with van der Waals surface area (Å²) in [5, 5.41) is 10.9. The highest BCUT2D eigenvalue weighted by atomic mass is 127. The molecule has 0 saturated heterocycles. The van der Waals surface area contributed by atoms with Gasteiger partial charge < -0.3 is 15.4 Å². The van der Waals surface area contributed by atoms with E-state index in [1.54, 1.807) is 25.4 Å². The Morgan fingerprint density at radius 2 is 1.84 bits per heavy atom. The Hall–Kier alpha value is -2.46. The Balaban J connectivity index is 0.00000341. The number of ether oxygens (including phenoxy) is 1. The quantitative estimate of drug-likeness (QED) is 0.245. The van der Waals surface area contributed by atoms with E-state index in [0.29, 0.717) is 25.6 Å². The van der Waals surface area contributed by atoms with E-state index in [2.05, 4.69) is 27.9 Å². The molecule has 0 amide bonds. The van der Waals surface area contributed by atoms with Crippen LogP contribution in [0, 0.1) is 5.82 Å². The monoisotopic (exact) mass is 537 g/mol. The molecule has 0 aliphatic rings. The summed E-state index contributed by atoms with van der Waals surface area (Å²) < 4.78 is 20.7. The molecule has 0 aliphatic carbocycles. The van der Waals surface area contributed by atoms with Crippen molar-refractivity contribution >= 4 is 29.9 Å². The van der Waals surface area contributed by atoms with Gasteiger partial charge in [-0.1, -0.05) is 36.4 Å². The van der Waals surface area contributed by atoms with Crippen molar-refractivity contribution in [1.82, 2.24) is 20.4 Å². The number of hydrogen-bond acceptors (Lipinski definition) is 3. The van der Waals surface area contributed by atoms with Gasteiger partial charge in [0.25, 0.3) is 0 Å². The van der Waals surface area contributed by atoms with Crippen LogP contribution in [0.15, 0.2) is 72.0 Å². The second kappa shape index (κ2) is 13.1. The standard InChI is InChI=1S/C23H28FN5O.HI/c1-3-25-23(27-16-22(30-2)18-9-11-21(24)12-10-18)26-15-19-7-4-5-8-20(19)17-29-14-6-13-28-29;/h4-14,22H,3,15-17H2,1-2H3,(H2,25,26,27);1H. The zero-order valence-corrected chi connectivity index (χ0v) is 20.1. The molecule has 3 rings (SSSR count). The number of rotatable bonds is 9. The van der Waals surface area contributed by atoms with E-state index in [1.807, 2.05) is 36.0 Å². The summed E-state index contributed by atoms with van der Waals surface area (Å²) in [5.74, 6) is 0.445. The molecule has 1 atom stereocenters. The van der Waals surface area contributed by atoms with E-state index in [4.69, 9.17) is 9.73 Å². The molecule has 1 unspecified atom stereocenters. The van der Waals surface area contributed by atoms with E-state index in [-0.39, 0.29) is 35.9 Å². The van der Waals surface area contributed by atoms with E-state index in [9.17, 15) is 4.39 Å². The molecule has 6 nitrogen and oxygen atoms in total. The molecule has 1 heterocycles. The Labute approximate surface area is 199 Å². The highest BCUT2D eigenvalue weighted by molar-refractivity contribution is 14.0. The van der Waals surface area contributed by atoms with Crippen LogP contribution in [0.5, 0.6) is 0 Å². The summed E-state index contributed by atoms with van der Waals surface area (Å²) in [5.41, 5.74) is 3.24. The van der Waals surface area contributed by atoms with Crippen molar-refractivity contribution in [3.05, 3.63) is 89.5 Å². The van der Waals surface area contributed by atoms with Gasteiger partial charge in [0.2, 0.25) is 0 Å². The van der Waals surface area contributed by atoms with Crippen molar-refractivity contribution in [2.75, 3.05) is 20.2 Å². The lowest BCUT2D eigenvalue weighted by molar-refractivity contribution is 0.106. The van der Waals surface area contributed by atoms with Gasteiger partial charge >= 0.3 is 0 Å². The summed E-state index contributed by atoms with van der Waals surface area (Å²) in [4.78, 5) is 4.74. The molecule has 0 bridgehead atoms. The van der Waals surface area contributed by atoms with Gasteiger partial charge in [-0.2, -0.15) is 5.10 Å². The van der Waals surface area contributed by atoms with Gasteiger partial charge in [-0.15, -0.1) is 24.0 Å². The number of hydrogen-bond donors (Lipinski definition) is 2. The highest BCUT2D eigenvalue weighted by Crippen LogP contribution is 2.16. The SMILES string of the molecule is CCNC(=NCc1ccccc1Cn1cccn1)NCC(OC)c1ccc(F)cc1.I. The molecule has 1 aromatic heterocycles. The lowest BCUT2D eigenvalue weighted by Crippen LogP contribution is -2.39. The molecular formula is C23H29FIN5O. The summed E-state index contributed by atoms with van der Waals surface area (Å²) in [6.45, 7) is 4.54. The number of benzene rings is 2. The molecule has 0 saturated carbocycles. The third-order valence-electron chi connectivity index (χ3n) is 4.74. The minimum absolute atomic E-state index is 0. The summed E-state index contributed by atoms with van der Waals surface area (Å²) in [6, 6.07) is 16.5. The number of methoxy groups -OCH3 is 1. The second-order valence-electron chi connectivity index (χ2n) is 6.82. The van der Waals surface area contributed by atoms with Crippen molar-refractivity contribution in [2.45, 2.75) is 26.1 Å². The van der Waals surface area contributed by atoms with Crippen LogP contribution in [-0.4, -0.2) is 35.9 Å². The third kappa shape index (κ3) is 7.62. The van der Waals surface area contributed by atoms with Crippen molar-refractivity contribution in [2.24, 2.45) is 4.99 Å². The van der Waals surface area contributed by atoms with Crippen LogP contribution in [0.2, 0.25) is 0 Å². The largest absolute Gasteiger partial charge is 0.375 e. The fourth-order valence-corrected chi connectivity index (χ4v) is 3.14. The van der Waals surface area contributed by atoms with Gasteiger partial charge in [0.05, 0.1) is 19.2 Å². The lowest BCUT2D eigenvalue weighted by Gasteiger charge is -2.19. The summed E-state index contributed by atoms with van der Waals surface area (Å²) in [7, 11) is 1.64. The molecule has 166 valence electrons. The fraction of sp³-hybridized carbons (Fsp3) is 0.304. The average Bonchev–Trinajstić information content (AvgIpc) is 3.27. The minimum atomic E-state index is -0.259. The number of guanidine groups is 1. The molecular weight excluding hydrogens is 508 g/mol. The molecule has 8 heteroatoms. The number of nitrogens with one attached hydrogen (secondary N) is 2. The number of aliphatic imine (C=N–C) groups is 1. The van der Waals surface area contributed by atoms with Crippen molar-refractivity contribution in [3.8, 4) is 0 Å². The molecule has 2 N–H and O–H groups in total. The number of nitrogens with zero attached hydrogens (tertiary/aromatic N) is 3. The molecule has 0 aliphatic heterocycles. The summed E-state index contributed by atoms with van der Waals surface area (Å²) >= 11 is 0. The first kappa shape index (κ1) is 24.8. The predicted molar refractivity (Wildman–Crippen MR) is 132 cm³/mol. The van der Waals surface area contributed by atoms with Gasteiger partial charge in [0.15, 0.2) is 5.96 Å². The molecule has 0 spiro atoms.